The zero-order valence-electron chi connectivity index (χ0n) is 12.5. The van der Waals surface area contributed by atoms with E-state index in [-0.39, 0.29) is 12.5 Å². The second-order valence-electron chi connectivity index (χ2n) is 5.74. The maximum Gasteiger partial charge on any atom is 0.392 e. The van der Waals surface area contributed by atoms with E-state index in [2.05, 4.69) is 15.6 Å². The lowest BCUT2D eigenvalue weighted by Crippen LogP contribution is -2.40. The highest BCUT2D eigenvalue weighted by atomic mass is 19.4. The van der Waals surface area contributed by atoms with Crippen molar-refractivity contribution >= 4 is 0 Å². The Morgan fingerprint density at radius 3 is 2.71 bits per heavy atom. The van der Waals surface area contributed by atoms with Crippen LogP contribution in [0.5, 0.6) is 0 Å². The maximum absolute atomic E-state index is 13.3. The molecule has 0 radical (unpaired) electrons. The highest BCUT2D eigenvalue weighted by Crippen LogP contribution is 2.46. The maximum atomic E-state index is 13.3. The Hall–Kier alpha value is -1.11. The van der Waals surface area contributed by atoms with Crippen molar-refractivity contribution < 1.29 is 13.2 Å². The molecule has 0 spiro atoms. The van der Waals surface area contributed by atoms with Crippen molar-refractivity contribution in [3.63, 3.8) is 0 Å². The molecular formula is C14H23F3N4. The van der Waals surface area contributed by atoms with Crippen LogP contribution in [0.4, 0.5) is 13.2 Å². The minimum atomic E-state index is -4.14. The van der Waals surface area contributed by atoms with Crippen LogP contribution in [0.2, 0.25) is 0 Å². The van der Waals surface area contributed by atoms with Gasteiger partial charge >= 0.3 is 6.18 Å². The van der Waals surface area contributed by atoms with Gasteiger partial charge in [0.1, 0.15) is 0 Å². The third kappa shape index (κ3) is 3.56. The molecule has 0 aliphatic heterocycles. The molecule has 1 fully saturated rings. The van der Waals surface area contributed by atoms with Gasteiger partial charge in [-0.25, -0.2) is 4.68 Å². The van der Waals surface area contributed by atoms with Crippen LogP contribution in [0.1, 0.15) is 50.8 Å². The van der Waals surface area contributed by atoms with Crippen molar-refractivity contribution in [1.82, 2.24) is 20.3 Å². The summed E-state index contributed by atoms with van der Waals surface area (Å²) in [5.74, 6) is -1.69. The van der Waals surface area contributed by atoms with Crippen molar-refractivity contribution in [3.8, 4) is 0 Å². The van der Waals surface area contributed by atoms with E-state index in [9.17, 15) is 13.2 Å². The van der Waals surface area contributed by atoms with E-state index < -0.39 is 18.0 Å². The third-order valence-corrected chi connectivity index (χ3v) is 4.38. The molecule has 21 heavy (non-hydrogen) atoms. The topological polar surface area (TPSA) is 42.7 Å². The van der Waals surface area contributed by atoms with Gasteiger partial charge in [-0.3, -0.25) is 0 Å². The number of hydrogen-bond acceptors (Lipinski definition) is 3. The second kappa shape index (κ2) is 6.77. The first kappa shape index (κ1) is 16.3. The van der Waals surface area contributed by atoms with Gasteiger partial charge in [0.15, 0.2) is 0 Å². The SMILES string of the molecule is CCCn1nncc1C(NC)C1CCCCC1C(F)(F)F. The van der Waals surface area contributed by atoms with Gasteiger partial charge in [-0.05, 0) is 32.2 Å². The first-order chi connectivity index (χ1) is 9.99. The van der Waals surface area contributed by atoms with E-state index >= 15 is 0 Å². The summed E-state index contributed by atoms with van der Waals surface area (Å²) < 4.78 is 41.7. The molecule has 1 saturated carbocycles. The zero-order chi connectivity index (χ0) is 15.5. The second-order valence-corrected chi connectivity index (χ2v) is 5.74. The van der Waals surface area contributed by atoms with Crippen LogP contribution < -0.4 is 5.32 Å². The fourth-order valence-electron chi connectivity index (χ4n) is 3.44. The normalized spacial score (nSPS) is 25.0. The molecule has 0 bridgehead atoms. The Morgan fingerprint density at radius 1 is 1.38 bits per heavy atom. The molecule has 120 valence electrons. The van der Waals surface area contributed by atoms with Gasteiger partial charge in [0.25, 0.3) is 0 Å². The number of halogens is 3. The highest BCUT2D eigenvalue weighted by molar-refractivity contribution is 5.06. The quantitative estimate of drug-likeness (QED) is 0.907. The van der Waals surface area contributed by atoms with Crippen LogP contribution >= 0.6 is 0 Å². The summed E-state index contributed by atoms with van der Waals surface area (Å²) in [4.78, 5) is 0. The molecule has 0 amide bonds. The predicted molar refractivity (Wildman–Crippen MR) is 73.6 cm³/mol. The Balaban J connectivity index is 2.27. The number of nitrogens with one attached hydrogen (secondary N) is 1. The Morgan fingerprint density at radius 2 is 2.10 bits per heavy atom. The molecule has 1 aliphatic carbocycles. The first-order valence-corrected chi connectivity index (χ1v) is 7.61. The summed E-state index contributed by atoms with van der Waals surface area (Å²) in [7, 11) is 1.72. The number of aromatic nitrogens is 3. The molecule has 1 aromatic heterocycles. The number of nitrogens with zero attached hydrogens (tertiary/aromatic N) is 3. The monoisotopic (exact) mass is 304 g/mol. The molecule has 1 aromatic rings. The van der Waals surface area contributed by atoms with E-state index in [4.69, 9.17) is 0 Å². The number of alkyl halides is 3. The lowest BCUT2D eigenvalue weighted by molar-refractivity contribution is -0.199. The van der Waals surface area contributed by atoms with E-state index in [1.807, 2.05) is 6.92 Å². The van der Waals surface area contributed by atoms with Crippen molar-refractivity contribution in [2.75, 3.05) is 7.05 Å². The minimum absolute atomic E-state index is 0.224. The summed E-state index contributed by atoms with van der Waals surface area (Å²) in [5, 5.41) is 11.0. The number of rotatable bonds is 5. The molecular weight excluding hydrogens is 281 g/mol. The molecule has 1 N–H and O–H groups in total. The average molecular weight is 304 g/mol. The molecule has 1 aliphatic rings. The van der Waals surface area contributed by atoms with Gasteiger partial charge in [0.2, 0.25) is 0 Å². The van der Waals surface area contributed by atoms with Crippen LogP contribution in [0.15, 0.2) is 6.20 Å². The van der Waals surface area contributed by atoms with Gasteiger partial charge in [0, 0.05) is 6.54 Å². The van der Waals surface area contributed by atoms with Crippen molar-refractivity contribution in [3.05, 3.63) is 11.9 Å². The molecule has 1 heterocycles. The molecule has 7 heteroatoms. The largest absolute Gasteiger partial charge is 0.392 e. The van der Waals surface area contributed by atoms with Crippen LogP contribution in [0, 0.1) is 11.8 Å². The third-order valence-electron chi connectivity index (χ3n) is 4.38. The molecule has 3 atom stereocenters. The lowest BCUT2D eigenvalue weighted by Gasteiger charge is -2.38. The van der Waals surface area contributed by atoms with Gasteiger partial charge < -0.3 is 5.32 Å². The Kier molecular flexibility index (Phi) is 5.24. The first-order valence-electron chi connectivity index (χ1n) is 7.61. The van der Waals surface area contributed by atoms with E-state index in [1.54, 1.807) is 17.9 Å². The lowest BCUT2D eigenvalue weighted by atomic mass is 9.74. The summed E-state index contributed by atoms with van der Waals surface area (Å²) >= 11 is 0. The van der Waals surface area contributed by atoms with Gasteiger partial charge in [-0.15, -0.1) is 5.10 Å². The van der Waals surface area contributed by atoms with Crippen molar-refractivity contribution in [2.24, 2.45) is 11.8 Å². The Labute approximate surface area is 123 Å². The zero-order valence-corrected chi connectivity index (χ0v) is 12.5. The number of hydrogen-bond donors (Lipinski definition) is 1. The fraction of sp³-hybridized carbons (Fsp3) is 0.857. The van der Waals surface area contributed by atoms with Crippen LogP contribution in [0.3, 0.4) is 0 Å². The molecule has 4 nitrogen and oxygen atoms in total. The highest BCUT2D eigenvalue weighted by Gasteiger charge is 2.48. The molecule has 0 saturated heterocycles. The van der Waals surface area contributed by atoms with Gasteiger partial charge in [-0.2, -0.15) is 13.2 Å². The molecule has 2 rings (SSSR count). The summed E-state index contributed by atoms with van der Waals surface area (Å²) in [6, 6.07) is -0.349. The smallest absolute Gasteiger partial charge is 0.311 e. The molecule has 3 unspecified atom stereocenters. The fourth-order valence-corrected chi connectivity index (χ4v) is 3.44. The summed E-state index contributed by atoms with van der Waals surface area (Å²) in [6.07, 6.45) is 0.658. The standard InChI is InChI=1S/C14H23F3N4/c1-3-8-21-12(9-19-20-21)13(18-2)10-6-4-5-7-11(10)14(15,16)17/h9-11,13,18H,3-8H2,1-2H3. The van der Waals surface area contributed by atoms with E-state index in [0.717, 1.165) is 18.5 Å². The summed E-state index contributed by atoms with van der Waals surface area (Å²) in [5.41, 5.74) is 0.764. The summed E-state index contributed by atoms with van der Waals surface area (Å²) in [6.45, 7) is 2.69. The van der Waals surface area contributed by atoms with E-state index in [0.29, 0.717) is 19.4 Å². The molecule has 0 aromatic carbocycles. The van der Waals surface area contributed by atoms with Crippen LogP contribution in [-0.2, 0) is 6.54 Å². The van der Waals surface area contributed by atoms with E-state index in [1.165, 1.54) is 0 Å². The van der Waals surface area contributed by atoms with Crippen molar-refractivity contribution in [2.45, 2.75) is 57.8 Å². The van der Waals surface area contributed by atoms with Crippen LogP contribution in [0.25, 0.3) is 0 Å². The van der Waals surface area contributed by atoms with Gasteiger partial charge in [0.05, 0.1) is 23.9 Å². The van der Waals surface area contributed by atoms with Crippen LogP contribution in [-0.4, -0.2) is 28.2 Å². The minimum Gasteiger partial charge on any atom is -0.311 e. The number of aryl methyl sites for hydroxylation is 1. The van der Waals surface area contributed by atoms with Crippen molar-refractivity contribution in [1.29, 1.82) is 0 Å². The Bertz CT molecular complexity index is 444. The van der Waals surface area contributed by atoms with Gasteiger partial charge in [-0.1, -0.05) is 25.0 Å². The predicted octanol–water partition coefficient (Wildman–Crippen LogP) is 3.32. The average Bonchev–Trinajstić information content (AvgIpc) is 2.88.